The fourth-order valence-electron chi connectivity index (χ4n) is 5.42. The fourth-order valence-corrected chi connectivity index (χ4v) is 7.18. The van der Waals surface area contributed by atoms with Crippen molar-refractivity contribution in [2.75, 3.05) is 65.4 Å². The summed E-state index contributed by atoms with van der Waals surface area (Å²) < 4.78 is 149. The number of unbranched alkanes of at least 4 members (excludes halogenated alkanes) is 5. The van der Waals surface area contributed by atoms with Crippen LogP contribution in [0.4, 0.5) is 30.4 Å². The van der Waals surface area contributed by atoms with Crippen LogP contribution in [0.25, 0.3) is 4.13 Å². The molecule has 23 heteroatoms. The Morgan fingerprint density at radius 3 is 1.28 bits per heavy atom. The molecule has 0 bridgehead atoms. The zero-order valence-electron chi connectivity index (χ0n) is 35.9. The van der Waals surface area contributed by atoms with Gasteiger partial charge < -0.3 is 34.9 Å². The van der Waals surface area contributed by atoms with Gasteiger partial charge in [-0.05, 0) is 39.0 Å². The van der Waals surface area contributed by atoms with Crippen molar-refractivity contribution in [3.05, 3.63) is 22.8 Å². The van der Waals surface area contributed by atoms with Crippen LogP contribution >= 0.6 is 0 Å². The van der Waals surface area contributed by atoms with E-state index in [1.807, 2.05) is 17.8 Å². The molecule has 2 rings (SSSR count). The van der Waals surface area contributed by atoms with Gasteiger partial charge in [0.1, 0.15) is 12.4 Å². The lowest BCUT2D eigenvalue weighted by atomic mass is 10.1. The molecule has 0 aliphatic carbocycles. The average molecular weight is 904 g/mol. The number of halogens is 7. The van der Waals surface area contributed by atoms with E-state index < -0.39 is 42.9 Å². The van der Waals surface area contributed by atoms with Gasteiger partial charge in [0.2, 0.25) is 6.33 Å². The van der Waals surface area contributed by atoms with Gasteiger partial charge in [-0.2, -0.15) is 13.2 Å². The smallest absolute Gasteiger partial charge is 0.673 e. The second-order valence-electron chi connectivity index (χ2n) is 14.3. The number of sulfonamides is 2. The highest BCUT2D eigenvalue weighted by molar-refractivity contribution is 8.12. The van der Waals surface area contributed by atoms with Crippen LogP contribution in [0, 0.1) is 0 Å². The molecule has 1 aromatic heterocycles. The molecule has 0 unspecified atom stereocenters. The van der Waals surface area contributed by atoms with E-state index in [2.05, 4.69) is 65.7 Å². The molecule has 1 aliphatic heterocycles. The van der Waals surface area contributed by atoms with Crippen LogP contribution in [0.2, 0.25) is 0 Å². The number of quaternary nitrogens is 2. The van der Waals surface area contributed by atoms with E-state index >= 15 is 0 Å². The maximum atomic E-state index is 11.4. The van der Waals surface area contributed by atoms with Gasteiger partial charge in [0.15, 0.2) is 10.0 Å². The number of hydrogen-bond donors (Lipinski definition) is 0. The molecule has 0 saturated carbocycles. The highest BCUT2D eigenvalue weighted by atomic mass is 32.3. The third-order valence-corrected chi connectivity index (χ3v) is 10.8. The number of alkyl halides is 3. The number of aromatic nitrogens is 2. The van der Waals surface area contributed by atoms with E-state index in [9.17, 15) is 47.3 Å². The van der Waals surface area contributed by atoms with Gasteiger partial charge in [-0.3, -0.25) is 0 Å². The van der Waals surface area contributed by atoms with Gasteiger partial charge in [-0.1, -0.05) is 66.7 Å². The summed E-state index contributed by atoms with van der Waals surface area (Å²) >= 11 is 0. The normalized spacial score (nSPS) is 14.2. The first-order valence-corrected chi connectivity index (χ1v) is 24.6. The molecule has 346 valence electrons. The SMILES string of the molecule is CCCC[N+](CCCC)(CCCC)CCCC.CCCC[N+]1(C)CCCC1.CCn1cc[n+](C)c1.CS(=O)(=O)[N-]S(=O)(=O)C(F)(F)F.CS(=O)(=O)[O-].F[B-](F)(F)F. The summed E-state index contributed by atoms with van der Waals surface area (Å²) in [4.78, 5) is 0. The van der Waals surface area contributed by atoms with Crippen molar-refractivity contribution in [1.29, 1.82) is 0 Å². The van der Waals surface area contributed by atoms with E-state index in [1.165, 1.54) is 132 Å². The zero-order chi connectivity index (χ0) is 45.6. The van der Waals surface area contributed by atoms with Crippen LogP contribution in [-0.4, -0.2) is 121 Å². The van der Waals surface area contributed by atoms with Crippen molar-refractivity contribution in [3.8, 4) is 0 Å². The molecule has 1 saturated heterocycles. The lowest BCUT2D eigenvalue weighted by Gasteiger charge is -2.39. The third kappa shape index (κ3) is 43.9. The average Bonchev–Trinajstić information content (AvgIpc) is 3.69. The molecular formula is C34H73BF7N5O7S3. The van der Waals surface area contributed by atoms with E-state index in [0.29, 0.717) is 6.26 Å². The number of likely N-dealkylation sites (tertiary alicyclic amines) is 1. The van der Waals surface area contributed by atoms with Crippen LogP contribution in [0.5, 0.6) is 0 Å². The molecule has 0 atom stereocenters. The molecule has 0 amide bonds. The molecule has 1 aromatic rings. The summed E-state index contributed by atoms with van der Waals surface area (Å²) in [5.41, 5.74) is -5.67. The number of hydrogen-bond acceptors (Lipinski definition) is 7. The van der Waals surface area contributed by atoms with E-state index in [0.717, 1.165) is 6.54 Å². The Hall–Kier alpha value is -1.53. The highest BCUT2D eigenvalue weighted by Gasteiger charge is 2.40. The Bertz CT molecular complexity index is 1410. The lowest BCUT2D eigenvalue weighted by molar-refractivity contribution is -0.929. The van der Waals surface area contributed by atoms with Crippen molar-refractivity contribution < 1.29 is 73.8 Å². The topological polar surface area (TPSA) is 148 Å². The Balaban J connectivity index is -0.000000311. The predicted molar refractivity (Wildman–Crippen MR) is 215 cm³/mol. The van der Waals surface area contributed by atoms with Crippen molar-refractivity contribution >= 4 is 37.4 Å². The molecule has 1 aliphatic rings. The maximum Gasteiger partial charge on any atom is 0.673 e. The summed E-state index contributed by atoms with van der Waals surface area (Å²) in [5.74, 6) is 0. The van der Waals surface area contributed by atoms with Crippen LogP contribution < -0.4 is 4.57 Å². The third-order valence-electron chi connectivity index (χ3n) is 8.36. The summed E-state index contributed by atoms with van der Waals surface area (Å²) in [5, 5.41) is 0. The largest absolute Gasteiger partial charge is 0.748 e. The second kappa shape index (κ2) is 31.4. The first-order valence-electron chi connectivity index (χ1n) is 19.5. The summed E-state index contributed by atoms with van der Waals surface area (Å²) in [6, 6.07) is 0. The molecule has 1 fully saturated rings. The summed E-state index contributed by atoms with van der Waals surface area (Å²) in [6.45, 7) is 24.8. The molecule has 2 heterocycles. The highest BCUT2D eigenvalue weighted by Crippen LogP contribution is 2.29. The minimum atomic E-state index is -6.00. The van der Waals surface area contributed by atoms with Gasteiger partial charge in [-0.15, -0.1) is 0 Å². The molecular weight excluding hydrogens is 830 g/mol. The fraction of sp³-hybridized carbons (Fsp3) is 0.912. The second-order valence-corrected chi connectivity index (χ2v) is 19.2. The molecule has 0 aromatic carbocycles. The van der Waals surface area contributed by atoms with E-state index in [1.54, 1.807) is 4.13 Å². The Kier molecular flexibility index (Phi) is 34.2. The predicted octanol–water partition coefficient (Wildman–Crippen LogP) is 7.99. The quantitative estimate of drug-likeness (QED) is 0.0477. The van der Waals surface area contributed by atoms with Gasteiger partial charge in [0, 0.05) is 25.4 Å². The Morgan fingerprint density at radius 1 is 0.754 bits per heavy atom. The molecule has 12 nitrogen and oxygen atoms in total. The minimum Gasteiger partial charge on any atom is -0.748 e. The maximum absolute atomic E-state index is 11.4. The van der Waals surface area contributed by atoms with E-state index in [4.69, 9.17) is 13.0 Å². The van der Waals surface area contributed by atoms with Crippen molar-refractivity contribution in [3.63, 3.8) is 0 Å². The first kappa shape index (κ1) is 62.1. The molecule has 57 heavy (non-hydrogen) atoms. The Morgan fingerprint density at radius 2 is 1.09 bits per heavy atom. The van der Waals surface area contributed by atoms with Crippen molar-refractivity contribution in [1.82, 2.24) is 4.57 Å². The zero-order valence-corrected chi connectivity index (χ0v) is 38.4. The van der Waals surface area contributed by atoms with Crippen molar-refractivity contribution in [2.45, 2.75) is 131 Å². The van der Waals surface area contributed by atoms with E-state index in [-0.39, 0.29) is 6.26 Å². The number of imidazole rings is 1. The summed E-state index contributed by atoms with van der Waals surface area (Å²) in [7, 11) is -16.0. The van der Waals surface area contributed by atoms with Gasteiger partial charge in [-0.25, -0.2) is 34.4 Å². The number of nitrogens with zero attached hydrogens (tertiary/aromatic N) is 5. The van der Waals surface area contributed by atoms with Crippen LogP contribution in [0.3, 0.4) is 0 Å². The standard InChI is InChI=1S/C16H36N.C9H20N.C6H11N2.C2H3F3NO4S2.CH4O3S.BF4/c1-5-9-13-17(14-10-6-2,15-11-7-3)16-12-8-4;1-3-4-7-10(2)8-5-6-9-10;1-3-8-5-4-7(2)6-8;1-11(7,8)6-12(9,10)2(3,4)5;1-5(2,3)4;2-1(3,4)5/h5-16H2,1-4H3;3-9H2,1-2H3;4-6H,3H2,1-2H3;1H3;1H3,(H,2,3,4);/q3*+1;-1;;-1/p-1. The number of rotatable bonds is 18. The van der Waals surface area contributed by atoms with Crippen molar-refractivity contribution in [2.24, 2.45) is 7.05 Å². The monoisotopic (exact) mass is 903 g/mol. The first-order chi connectivity index (χ1) is 25.8. The summed E-state index contributed by atoms with van der Waals surface area (Å²) in [6.07, 6.45) is 23.7. The molecule has 0 N–H and O–H groups in total. The molecule has 0 spiro atoms. The Labute approximate surface area is 340 Å². The van der Waals surface area contributed by atoms with Gasteiger partial charge in [0.25, 0.3) is 0 Å². The minimum absolute atomic E-state index is 0.246. The van der Waals surface area contributed by atoms with Gasteiger partial charge >= 0.3 is 12.8 Å². The van der Waals surface area contributed by atoms with Crippen LogP contribution in [0.15, 0.2) is 18.7 Å². The lowest BCUT2D eigenvalue weighted by Crippen LogP contribution is -2.50. The number of aryl methyl sites for hydroxylation is 2. The van der Waals surface area contributed by atoms with Gasteiger partial charge in [0.05, 0.1) is 86.6 Å². The van der Waals surface area contributed by atoms with Crippen LogP contribution in [-0.2, 0) is 43.8 Å². The molecule has 0 radical (unpaired) electrons. The van der Waals surface area contributed by atoms with Crippen LogP contribution in [0.1, 0.15) is 119 Å².